The number of carbonyl (C=O) groups is 1. The highest BCUT2D eigenvalue weighted by molar-refractivity contribution is 5.81. The molecule has 18 heavy (non-hydrogen) atoms. The zero-order valence-electron chi connectivity index (χ0n) is 10.5. The third-order valence-corrected chi connectivity index (χ3v) is 1.29. The largest absolute Gasteiger partial charge is 0.499 e. The van der Waals surface area contributed by atoms with E-state index in [1.54, 1.807) is 0 Å². The van der Waals surface area contributed by atoms with Gasteiger partial charge in [0.1, 0.15) is 13.2 Å². The maximum Gasteiger partial charge on any atom is 0.330 e. The Morgan fingerprint density at radius 1 is 0.889 bits per heavy atom. The van der Waals surface area contributed by atoms with Gasteiger partial charge >= 0.3 is 5.97 Å². The molecule has 102 valence electrons. The number of ether oxygens (including phenoxy) is 4. The Kier molecular flexibility index (Phi) is 17.7. The summed E-state index contributed by atoms with van der Waals surface area (Å²) in [4.78, 5) is 10.5. The Hall–Kier alpha value is -2.01. The van der Waals surface area contributed by atoms with Crippen LogP contribution in [0.2, 0.25) is 0 Å². The molecule has 5 nitrogen and oxygen atoms in total. The SMILES string of the molecule is C=COC=C.C=COCCOCCOC(=O)C=C. The number of esters is 1. The molecule has 0 spiro atoms. The first-order valence-electron chi connectivity index (χ1n) is 5.19. The first kappa shape index (κ1) is 18.4. The molecule has 0 N–H and O–H groups in total. The Morgan fingerprint density at radius 3 is 1.94 bits per heavy atom. The van der Waals surface area contributed by atoms with Crippen LogP contribution in [0.3, 0.4) is 0 Å². The number of hydrogen-bond donors (Lipinski definition) is 0. The molecule has 0 amide bonds. The maximum atomic E-state index is 10.5. The van der Waals surface area contributed by atoms with E-state index in [0.29, 0.717) is 19.8 Å². The lowest BCUT2D eigenvalue weighted by atomic mass is 10.6. The summed E-state index contributed by atoms with van der Waals surface area (Å²) in [6, 6.07) is 0. The van der Waals surface area contributed by atoms with Crippen molar-refractivity contribution in [3.63, 3.8) is 0 Å². The van der Waals surface area contributed by atoms with Crippen molar-refractivity contribution in [3.8, 4) is 0 Å². The molecule has 0 aromatic rings. The van der Waals surface area contributed by atoms with Crippen molar-refractivity contribution in [2.45, 2.75) is 0 Å². The minimum Gasteiger partial charge on any atom is -0.499 e. The third-order valence-electron chi connectivity index (χ3n) is 1.29. The highest BCUT2D eigenvalue weighted by Crippen LogP contribution is 1.82. The topological polar surface area (TPSA) is 54.0 Å². The monoisotopic (exact) mass is 256 g/mol. The first-order valence-corrected chi connectivity index (χ1v) is 5.19. The van der Waals surface area contributed by atoms with E-state index in [-0.39, 0.29) is 6.61 Å². The molecule has 0 aliphatic heterocycles. The Balaban J connectivity index is 0. The second-order valence-electron chi connectivity index (χ2n) is 2.49. The van der Waals surface area contributed by atoms with Crippen LogP contribution >= 0.6 is 0 Å². The van der Waals surface area contributed by atoms with Gasteiger partial charge in [-0.3, -0.25) is 0 Å². The van der Waals surface area contributed by atoms with Gasteiger partial charge in [-0.1, -0.05) is 26.3 Å². The lowest BCUT2D eigenvalue weighted by Crippen LogP contribution is -2.10. The lowest BCUT2D eigenvalue weighted by molar-refractivity contribution is -0.139. The molecule has 0 atom stereocenters. The van der Waals surface area contributed by atoms with Crippen molar-refractivity contribution in [3.05, 3.63) is 51.2 Å². The van der Waals surface area contributed by atoms with Crippen LogP contribution in [-0.4, -0.2) is 32.4 Å². The molecule has 0 saturated heterocycles. The molecule has 0 heterocycles. The van der Waals surface area contributed by atoms with Crippen LogP contribution < -0.4 is 0 Å². The third kappa shape index (κ3) is 19.5. The molecule has 0 radical (unpaired) electrons. The molecule has 0 rings (SSSR count). The van der Waals surface area contributed by atoms with Gasteiger partial charge in [-0.25, -0.2) is 4.79 Å². The number of rotatable bonds is 10. The van der Waals surface area contributed by atoms with E-state index in [0.717, 1.165) is 6.08 Å². The molecule has 0 aromatic carbocycles. The van der Waals surface area contributed by atoms with Crippen LogP contribution in [0.25, 0.3) is 0 Å². The summed E-state index contributed by atoms with van der Waals surface area (Å²) in [5.74, 6) is -0.439. The second-order valence-corrected chi connectivity index (χ2v) is 2.49. The molecule has 5 heteroatoms. The zero-order valence-corrected chi connectivity index (χ0v) is 10.5. The van der Waals surface area contributed by atoms with Crippen LogP contribution in [0.1, 0.15) is 0 Å². The highest BCUT2D eigenvalue weighted by atomic mass is 16.6. The zero-order chi connectivity index (χ0) is 14.1. The van der Waals surface area contributed by atoms with Crippen LogP contribution in [0, 0.1) is 0 Å². The summed E-state index contributed by atoms with van der Waals surface area (Å²) in [5.41, 5.74) is 0. The summed E-state index contributed by atoms with van der Waals surface area (Å²) in [7, 11) is 0. The number of hydrogen-bond acceptors (Lipinski definition) is 5. The maximum absolute atomic E-state index is 10.5. The molecule has 0 aliphatic carbocycles. The fourth-order valence-corrected chi connectivity index (χ4v) is 0.621. The van der Waals surface area contributed by atoms with Crippen LogP contribution in [-0.2, 0) is 23.7 Å². The van der Waals surface area contributed by atoms with Gasteiger partial charge in [0.15, 0.2) is 0 Å². The van der Waals surface area contributed by atoms with E-state index in [2.05, 4.69) is 35.8 Å². The van der Waals surface area contributed by atoms with Gasteiger partial charge in [-0.15, -0.1) is 0 Å². The first-order chi connectivity index (χ1) is 8.72. The van der Waals surface area contributed by atoms with Crippen molar-refractivity contribution in [1.82, 2.24) is 0 Å². The molecule has 0 fully saturated rings. The molecule has 0 unspecified atom stereocenters. The van der Waals surface area contributed by atoms with Gasteiger partial charge in [0.25, 0.3) is 0 Å². The Morgan fingerprint density at radius 2 is 1.50 bits per heavy atom. The molecule has 0 aliphatic rings. The second kappa shape index (κ2) is 17.4. The van der Waals surface area contributed by atoms with E-state index in [1.807, 2.05) is 0 Å². The average molecular weight is 256 g/mol. The van der Waals surface area contributed by atoms with Gasteiger partial charge in [-0.2, -0.15) is 0 Å². The fourth-order valence-electron chi connectivity index (χ4n) is 0.621. The van der Waals surface area contributed by atoms with Crippen molar-refractivity contribution in [1.29, 1.82) is 0 Å². The van der Waals surface area contributed by atoms with Gasteiger partial charge in [-0.05, 0) is 0 Å². The molecule has 0 bridgehead atoms. The summed E-state index contributed by atoms with van der Waals surface area (Å²) in [6.07, 6.45) is 5.09. The number of carbonyl (C=O) groups excluding carboxylic acids is 1. The lowest BCUT2D eigenvalue weighted by Gasteiger charge is -2.03. The predicted molar refractivity (Wildman–Crippen MR) is 69.6 cm³/mol. The van der Waals surface area contributed by atoms with E-state index in [4.69, 9.17) is 9.47 Å². The molecule has 0 aromatic heterocycles. The van der Waals surface area contributed by atoms with E-state index >= 15 is 0 Å². The standard InChI is InChI=1S/C9H14O4.C4H6O/c1-3-9(10)13-8-7-12-6-5-11-4-2;1-3-5-4-2/h3-4H,1-2,5-8H2;3-4H,1-2H2. The van der Waals surface area contributed by atoms with Crippen molar-refractivity contribution >= 4 is 5.97 Å². The van der Waals surface area contributed by atoms with Crippen molar-refractivity contribution < 1.29 is 23.7 Å². The minimum atomic E-state index is -0.439. The van der Waals surface area contributed by atoms with Gasteiger partial charge < -0.3 is 18.9 Å². The van der Waals surface area contributed by atoms with Crippen LogP contribution in [0.5, 0.6) is 0 Å². The summed E-state index contributed by atoms with van der Waals surface area (Å²) >= 11 is 0. The predicted octanol–water partition coefficient (Wildman–Crippen LogP) is 2.18. The average Bonchev–Trinajstić information content (AvgIpc) is 2.39. The van der Waals surface area contributed by atoms with Gasteiger partial charge in [0.2, 0.25) is 0 Å². The van der Waals surface area contributed by atoms with Crippen LogP contribution in [0.15, 0.2) is 51.2 Å². The quantitative estimate of drug-likeness (QED) is 0.259. The summed E-state index contributed by atoms with van der Waals surface area (Å²) < 4.78 is 18.9. The Bertz CT molecular complexity index is 242. The van der Waals surface area contributed by atoms with E-state index in [9.17, 15) is 4.79 Å². The Labute approximate surface area is 108 Å². The van der Waals surface area contributed by atoms with Gasteiger partial charge in [0.05, 0.1) is 32.0 Å². The van der Waals surface area contributed by atoms with Crippen molar-refractivity contribution in [2.75, 3.05) is 26.4 Å². The molecular weight excluding hydrogens is 236 g/mol. The molecule has 0 saturated carbocycles. The summed E-state index contributed by atoms with van der Waals surface area (Å²) in [6.45, 7) is 14.6. The van der Waals surface area contributed by atoms with Crippen LogP contribution in [0.4, 0.5) is 0 Å². The summed E-state index contributed by atoms with van der Waals surface area (Å²) in [5, 5.41) is 0. The minimum absolute atomic E-state index is 0.235. The fraction of sp³-hybridized carbons (Fsp3) is 0.308. The molecular formula is C13H20O5. The van der Waals surface area contributed by atoms with E-state index in [1.165, 1.54) is 18.8 Å². The normalized spacial score (nSPS) is 8.00. The van der Waals surface area contributed by atoms with Crippen molar-refractivity contribution in [2.24, 2.45) is 0 Å². The highest BCUT2D eigenvalue weighted by Gasteiger charge is 1.94. The van der Waals surface area contributed by atoms with Gasteiger partial charge in [0, 0.05) is 6.08 Å². The van der Waals surface area contributed by atoms with E-state index < -0.39 is 5.97 Å². The smallest absolute Gasteiger partial charge is 0.330 e.